The first-order valence-corrected chi connectivity index (χ1v) is 7.65. The summed E-state index contributed by atoms with van der Waals surface area (Å²) in [5.41, 5.74) is 0.0636. The third-order valence-electron chi connectivity index (χ3n) is 4.35. The first-order valence-electron chi connectivity index (χ1n) is 7.65. The summed E-state index contributed by atoms with van der Waals surface area (Å²) in [5.74, 6) is -0.541. The number of rotatable bonds is 4. The van der Waals surface area contributed by atoms with E-state index in [1.807, 2.05) is 4.90 Å². The number of phenols is 1. The lowest BCUT2D eigenvalue weighted by atomic mass is 9.97. The van der Waals surface area contributed by atoms with Crippen LogP contribution < -0.4 is 5.32 Å². The Kier molecular flexibility index (Phi) is 4.10. The van der Waals surface area contributed by atoms with Crippen LogP contribution in [0.5, 0.6) is 5.75 Å². The van der Waals surface area contributed by atoms with Gasteiger partial charge in [0, 0.05) is 18.7 Å². The highest BCUT2D eigenvalue weighted by Crippen LogP contribution is 2.31. The summed E-state index contributed by atoms with van der Waals surface area (Å²) in [6.07, 6.45) is 4.15. The van der Waals surface area contributed by atoms with E-state index in [-0.39, 0.29) is 23.3 Å². The number of aromatic hydroxyl groups is 1. The smallest absolute Gasteiger partial charge is 0.257 e. The number of amides is 1. The van der Waals surface area contributed by atoms with E-state index in [1.54, 1.807) is 0 Å². The molecular weight excluding hydrogens is 271 g/mol. The molecule has 3 rings (SSSR count). The van der Waals surface area contributed by atoms with Gasteiger partial charge in [0.2, 0.25) is 0 Å². The summed E-state index contributed by atoms with van der Waals surface area (Å²) in [7, 11) is 0. The molecule has 2 aliphatic rings. The molecule has 0 unspecified atom stereocenters. The normalized spacial score (nSPS) is 19.5. The maximum Gasteiger partial charge on any atom is 0.257 e. The molecular formula is C16H21FN2O2. The second-order valence-corrected chi connectivity index (χ2v) is 6.05. The lowest BCUT2D eigenvalue weighted by molar-refractivity contribution is 0.0697. The number of hydrogen-bond donors (Lipinski definition) is 2. The molecule has 2 N–H and O–H groups in total. The Morgan fingerprint density at radius 2 is 2.00 bits per heavy atom. The molecule has 1 aromatic carbocycles. The highest BCUT2D eigenvalue weighted by Gasteiger charge is 2.35. The van der Waals surface area contributed by atoms with Crippen LogP contribution in [0.25, 0.3) is 0 Å². The van der Waals surface area contributed by atoms with Gasteiger partial charge in [-0.3, -0.25) is 4.79 Å². The monoisotopic (exact) mass is 292 g/mol. The van der Waals surface area contributed by atoms with Crippen LogP contribution in [0.15, 0.2) is 18.2 Å². The molecule has 0 radical (unpaired) electrons. The van der Waals surface area contributed by atoms with Gasteiger partial charge >= 0.3 is 0 Å². The Hall–Kier alpha value is -1.62. The predicted octanol–water partition coefficient (Wildman–Crippen LogP) is 2.14. The third-order valence-corrected chi connectivity index (χ3v) is 4.35. The molecule has 0 atom stereocenters. The molecule has 1 aliphatic heterocycles. The minimum Gasteiger partial charge on any atom is -0.508 e. The van der Waals surface area contributed by atoms with Crippen LogP contribution in [0.2, 0.25) is 0 Å². The topological polar surface area (TPSA) is 52.6 Å². The van der Waals surface area contributed by atoms with E-state index in [9.17, 15) is 14.3 Å². The molecule has 1 heterocycles. The largest absolute Gasteiger partial charge is 0.508 e. The van der Waals surface area contributed by atoms with Gasteiger partial charge in [0.05, 0.1) is 5.56 Å². The fourth-order valence-electron chi connectivity index (χ4n) is 2.96. The van der Waals surface area contributed by atoms with Crippen LogP contribution in [0.4, 0.5) is 4.39 Å². The number of piperidine rings is 1. The molecule has 1 aliphatic carbocycles. The van der Waals surface area contributed by atoms with Crippen molar-refractivity contribution in [3.05, 3.63) is 29.6 Å². The first kappa shape index (κ1) is 14.3. The highest BCUT2D eigenvalue weighted by molar-refractivity contribution is 5.95. The van der Waals surface area contributed by atoms with Crippen molar-refractivity contribution in [2.24, 2.45) is 5.92 Å². The van der Waals surface area contributed by atoms with Crippen molar-refractivity contribution in [2.75, 3.05) is 19.6 Å². The van der Waals surface area contributed by atoms with Crippen molar-refractivity contribution in [3.8, 4) is 5.75 Å². The van der Waals surface area contributed by atoms with E-state index in [1.165, 1.54) is 12.1 Å². The number of nitrogens with zero attached hydrogens (tertiary/aromatic N) is 1. The van der Waals surface area contributed by atoms with Gasteiger partial charge in [-0.2, -0.15) is 0 Å². The van der Waals surface area contributed by atoms with Crippen molar-refractivity contribution in [1.82, 2.24) is 10.2 Å². The predicted molar refractivity (Wildman–Crippen MR) is 77.7 cm³/mol. The molecule has 1 saturated carbocycles. The molecule has 4 nitrogen and oxygen atoms in total. The maximum absolute atomic E-state index is 13.9. The number of halogens is 1. The Bertz CT molecular complexity index is 525. The summed E-state index contributed by atoms with van der Waals surface area (Å²) >= 11 is 0. The molecule has 1 saturated heterocycles. The van der Waals surface area contributed by atoms with Crippen LogP contribution in [0.1, 0.15) is 36.0 Å². The summed E-state index contributed by atoms with van der Waals surface area (Å²) in [5, 5.41) is 12.6. The summed E-state index contributed by atoms with van der Waals surface area (Å²) in [6, 6.07) is 4.01. The van der Waals surface area contributed by atoms with Gasteiger partial charge < -0.3 is 15.3 Å². The van der Waals surface area contributed by atoms with Crippen molar-refractivity contribution >= 4 is 5.91 Å². The fourth-order valence-corrected chi connectivity index (χ4v) is 2.96. The van der Waals surface area contributed by atoms with Crippen LogP contribution in [0.3, 0.4) is 0 Å². The zero-order valence-corrected chi connectivity index (χ0v) is 12.0. The van der Waals surface area contributed by atoms with Gasteiger partial charge in [-0.1, -0.05) is 0 Å². The number of benzene rings is 1. The number of phenolic OH excluding ortho intramolecular Hbond substituents is 1. The van der Waals surface area contributed by atoms with Crippen LogP contribution in [-0.4, -0.2) is 41.6 Å². The molecule has 0 bridgehead atoms. The van der Waals surface area contributed by atoms with E-state index < -0.39 is 5.82 Å². The minimum atomic E-state index is -0.643. The van der Waals surface area contributed by atoms with Gasteiger partial charge in [0.15, 0.2) is 0 Å². The molecule has 0 aromatic heterocycles. The molecule has 114 valence electrons. The summed E-state index contributed by atoms with van der Waals surface area (Å²) in [6.45, 7) is 2.70. The number of hydrogen-bond acceptors (Lipinski definition) is 3. The Labute approximate surface area is 124 Å². The van der Waals surface area contributed by atoms with E-state index in [2.05, 4.69) is 5.32 Å². The Balaban J connectivity index is 1.75. The second kappa shape index (κ2) is 6.02. The average Bonchev–Trinajstić information content (AvgIpc) is 3.30. The van der Waals surface area contributed by atoms with Crippen molar-refractivity contribution < 1.29 is 14.3 Å². The lowest BCUT2D eigenvalue weighted by Gasteiger charge is -2.30. The van der Waals surface area contributed by atoms with Crippen LogP contribution in [0, 0.1) is 11.7 Å². The lowest BCUT2D eigenvalue weighted by Crippen LogP contribution is -2.40. The Morgan fingerprint density at radius 3 is 2.62 bits per heavy atom. The standard InChI is InChI=1S/C16H21FN2O2/c17-15-9-13(20)3-4-14(15)16(21)19(12-1-2-12)10-11-5-7-18-8-6-11/h3-4,9,11-12,18,20H,1-2,5-8,10H2. The van der Waals surface area contributed by atoms with Crippen molar-refractivity contribution in [1.29, 1.82) is 0 Å². The van der Waals surface area contributed by atoms with Gasteiger partial charge in [0.1, 0.15) is 11.6 Å². The average molecular weight is 292 g/mol. The summed E-state index contributed by atoms with van der Waals surface area (Å²) < 4.78 is 13.9. The fraction of sp³-hybridized carbons (Fsp3) is 0.562. The quantitative estimate of drug-likeness (QED) is 0.894. The number of nitrogens with one attached hydrogen (secondary N) is 1. The molecule has 1 aromatic rings. The second-order valence-electron chi connectivity index (χ2n) is 6.05. The van der Waals surface area contributed by atoms with Gasteiger partial charge in [-0.15, -0.1) is 0 Å². The number of carbonyl (C=O) groups is 1. The van der Waals surface area contributed by atoms with Crippen LogP contribution >= 0.6 is 0 Å². The van der Waals surface area contributed by atoms with Gasteiger partial charge in [-0.25, -0.2) is 4.39 Å². The number of carbonyl (C=O) groups excluding carboxylic acids is 1. The molecule has 21 heavy (non-hydrogen) atoms. The maximum atomic E-state index is 13.9. The SMILES string of the molecule is O=C(c1ccc(O)cc1F)N(CC1CCNCC1)C1CC1. The van der Waals surface area contributed by atoms with Gasteiger partial charge in [-0.05, 0) is 56.8 Å². The molecule has 2 fully saturated rings. The van der Waals surface area contributed by atoms with Crippen molar-refractivity contribution in [2.45, 2.75) is 31.7 Å². The molecule has 5 heteroatoms. The zero-order valence-electron chi connectivity index (χ0n) is 12.0. The highest BCUT2D eigenvalue weighted by atomic mass is 19.1. The van der Waals surface area contributed by atoms with E-state index >= 15 is 0 Å². The van der Waals surface area contributed by atoms with E-state index in [4.69, 9.17) is 0 Å². The molecule has 0 spiro atoms. The summed E-state index contributed by atoms with van der Waals surface area (Å²) in [4.78, 5) is 14.5. The van der Waals surface area contributed by atoms with Gasteiger partial charge in [0.25, 0.3) is 5.91 Å². The van der Waals surface area contributed by atoms with E-state index in [0.29, 0.717) is 12.5 Å². The van der Waals surface area contributed by atoms with E-state index in [0.717, 1.165) is 44.8 Å². The molecule has 1 amide bonds. The zero-order chi connectivity index (χ0) is 14.8. The van der Waals surface area contributed by atoms with Crippen molar-refractivity contribution in [3.63, 3.8) is 0 Å². The minimum absolute atomic E-state index is 0.0636. The first-order chi connectivity index (χ1) is 10.1. The van der Waals surface area contributed by atoms with Crippen LogP contribution in [-0.2, 0) is 0 Å². The Morgan fingerprint density at radius 1 is 1.29 bits per heavy atom. The third kappa shape index (κ3) is 3.35.